The average Bonchev–Trinajstić information content (AvgIpc) is 2.86. The van der Waals surface area contributed by atoms with Crippen molar-refractivity contribution in [3.8, 4) is 0 Å². The van der Waals surface area contributed by atoms with Crippen molar-refractivity contribution >= 4 is 7.12 Å². The van der Waals surface area contributed by atoms with E-state index in [-0.39, 0.29) is 13.1 Å². The van der Waals surface area contributed by atoms with Gasteiger partial charge in [0.1, 0.15) is 6.00 Å². The molecule has 0 aromatic heterocycles. The minimum absolute atomic E-state index is 0.0978. The van der Waals surface area contributed by atoms with E-state index in [1.165, 1.54) is 12.8 Å². The van der Waals surface area contributed by atoms with Gasteiger partial charge in [-0.15, -0.1) is 0 Å². The van der Waals surface area contributed by atoms with E-state index >= 15 is 0 Å². The van der Waals surface area contributed by atoms with Crippen molar-refractivity contribution in [1.82, 2.24) is 5.32 Å². The molecule has 2 saturated heterocycles. The van der Waals surface area contributed by atoms with Gasteiger partial charge in [-0.2, -0.15) is 0 Å². The van der Waals surface area contributed by atoms with Gasteiger partial charge in [0, 0.05) is 6.54 Å². The average molecular weight is 197 g/mol. The third-order valence-corrected chi connectivity index (χ3v) is 3.31. The Morgan fingerprint density at radius 1 is 1.07 bits per heavy atom. The van der Waals surface area contributed by atoms with Crippen LogP contribution in [0, 0.1) is 0 Å². The zero-order valence-electron chi connectivity index (χ0n) is 8.28. The highest BCUT2D eigenvalue weighted by atomic mass is 16.7. The topological polar surface area (TPSA) is 39.7 Å². The fraction of sp³-hybridized carbons (Fsp3) is 1.00. The first-order valence-electron chi connectivity index (χ1n) is 5.57. The molecule has 78 valence electrons. The number of fused-ring (bicyclic) bond motifs is 1. The molecule has 2 unspecified atom stereocenters. The summed E-state index contributed by atoms with van der Waals surface area (Å²) in [6.45, 7) is 1.48. The third kappa shape index (κ3) is 1.58. The summed E-state index contributed by atoms with van der Waals surface area (Å²) in [7, 11) is -0.127. The van der Waals surface area contributed by atoms with Gasteiger partial charge in [0.25, 0.3) is 0 Å². The van der Waals surface area contributed by atoms with E-state index in [4.69, 9.17) is 14.0 Å². The van der Waals surface area contributed by atoms with Crippen molar-refractivity contribution in [3.05, 3.63) is 0 Å². The van der Waals surface area contributed by atoms with Gasteiger partial charge in [-0.1, -0.05) is 12.8 Å². The fourth-order valence-electron chi connectivity index (χ4n) is 2.53. The maximum Gasteiger partial charge on any atom is 0.489 e. The summed E-state index contributed by atoms with van der Waals surface area (Å²) in [5.41, 5.74) is 0. The van der Waals surface area contributed by atoms with Crippen LogP contribution in [0.1, 0.15) is 25.7 Å². The van der Waals surface area contributed by atoms with Gasteiger partial charge in [0.2, 0.25) is 0 Å². The molecule has 2 heterocycles. The molecular weight excluding hydrogens is 181 g/mol. The van der Waals surface area contributed by atoms with E-state index in [9.17, 15) is 0 Å². The van der Waals surface area contributed by atoms with Crippen molar-refractivity contribution in [3.63, 3.8) is 0 Å². The first-order valence-corrected chi connectivity index (χ1v) is 5.57. The lowest BCUT2D eigenvalue weighted by Crippen LogP contribution is -2.36. The predicted molar refractivity (Wildman–Crippen MR) is 51.7 cm³/mol. The molecule has 1 N–H and O–H groups in total. The van der Waals surface area contributed by atoms with Crippen LogP contribution in [0.2, 0.25) is 0 Å². The Morgan fingerprint density at radius 2 is 1.79 bits per heavy atom. The molecule has 1 saturated carbocycles. The van der Waals surface area contributed by atoms with Crippen LogP contribution in [-0.4, -0.2) is 38.6 Å². The molecule has 3 atom stereocenters. The Balaban J connectivity index is 1.61. The quantitative estimate of drug-likeness (QED) is 0.614. The summed E-state index contributed by atoms with van der Waals surface area (Å²) in [6.07, 6.45) is 5.53. The monoisotopic (exact) mass is 197 g/mol. The maximum atomic E-state index is 5.86. The van der Waals surface area contributed by atoms with Gasteiger partial charge in [-0.05, 0) is 12.8 Å². The number of rotatable bonds is 1. The molecule has 3 fully saturated rings. The number of nitrogens with one attached hydrogen (secondary N) is 1. The van der Waals surface area contributed by atoms with E-state index in [0.29, 0.717) is 18.9 Å². The van der Waals surface area contributed by atoms with E-state index in [2.05, 4.69) is 5.32 Å². The van der Waals surface area contributed by atoms with Crippen LogP contribution < -0.4 is 5.32 Å². The smallest absolute Gasteiger partial charge is 0.404 e. The maximum absolute atomic E-state index is 5.86. The van der Waals surface area contributed by atoms with E-state index in [1.807, 2.05) is 0 Å². The van der Waals surface area contributed by atoms with Crippen molar-refractivity contribution in [2.45, 2.75) is 43.9 Å². The zero-order valence-corrected chi connectivity index (χ0v) is 8.28. The molecule has 4 nitrogen and oxygen atoms in total. The Hall–Kier alpha value is -0.0951. The first-order chi connectivity index (χ1) is 6.93. The van der Waals surface area contributed by atoms with Crippen LogP contribution >= 0.6 is 0 Å². The second kappa shape index (κ2) is 3.81. The Labute approximate surface area is 84.4 Å². The number of hydrogen-bond donors (Lipinski definition) is 1. The van der Waals surface area contributed by atoms with Crippen LogP contribution in [0.4, 0.5) is 0 Å². The summed E-state index contributed by atoms with van der Waals surface area (Å²) in [5.74, 6) is 0. The molecule has 0 aromatic rings. The largest absolute Gasteiger partial charge is 0.489 e. The molecule has 14 heavy (non-hydrogen) atoms. The SMILES string of the molecule is C1CC[C@H]2OB(C3CNCO3)OC2C1. The van der Waals surface area contributed by atoms with E-state index in [1.54, 1.807) is 0 Å². The summed E-state index contributed by atoms with van der Waals surface area (Å²) in [6, 6.07) is 0.0978. The van der Waals surface area contributed by atoms with E-state index < -0.39 is 0 Å². The van der Waals surface area contributed by atoms with Crippen LogP contribution in [0.3, 0.4) is 0 Å². The van der Waals surface area contributed by atoms with Crippen molar-refractivity contribution < 1.29 is 14.0 Å². The van der Waals surface area contributed by atoms with Gasteiger partial charge in [-0.3, -0.25) is 5.32 Å². The predicted octanol–water partition coefficient (Wildman–Crippen LogP) is 0.318. The Kier molecular flexibility index (Phi) is 2.49. The lowest BCUT2D eigenvalue weighted by atomic mass is 9.81. The molecule has 3 rings (SSSR count). The van der Waals surface area contributed by atoms with Crippen LogP contribution in [0.25, 0.3) is 0 Å². The molecule has 0 aromatic carbocycles. The lowest BCUT2D eigenvalue weighted by molar-refractivity contribution is 0.110. The molecule has 0 amide bonds. The first kappa shape index (κ1) is 9.15. The molecule has 2 aliphatic heterocycles. The van der Waals surface area contributed by atoms with Crippen LogP contribution in [0.5, 0.6) is 0 Å². The summed E-state index contributed by atoms with van der Waals surface area (Å²) in [5, 5.41) is 3.15. The molecule has 0 radical (unpaired) electrons. The van der Waals surface area contributed by atoms with Crippen molar-refractivity contribution in [2.75, 3.05) is 13.3 Å². The fourth-order valence-corrected chi connectivity index (χ4v) is 2.53. The lowest BCUT2D eigenvalue weighted by Gasteiger charge is -2.22. The van der Waals surface area contributed by atoms with Crippen molar-refractivity contribution in [1.29, 1.82) is 0 Å². The van der Waals surface area contributed by atoms with Gasteiger partial charge in [0.05, 0.1) is 18.9 Å². The number of ether oxygens (including phenoxy) is 1. The van der Waals surface area contributed by atoms with Crippen molar-refractivity contribution in [2.24, 2.45) is 0 Å². The van der Waals surface area contributed by atoms with Gasteiger partial charge in [0.15, 0.2) is 0 Å². The highest BCUT2D eigenvalue weighted by molar-refractivity contribution is 6.47. The summed E-state index contributed by atoms with van der Waals surface area (Å²) < 4.78 is 17.2. The number of hydrogen-bond acceptors (Lipinski definition) is 4. The normalized spacial score (nSPS) is 42.9. The van der Waals surface area contributed by atoms with Crippen LogP contribution in [0.15, 0.2) is 0 Å². The second-order valence-corrected chi connectivity index (χ2v) is 4.31. The van der Waals surface area contributed by atoms with Gasteiger partial charge >= 0.3 is 7.12 Å². The molecular formula is C9H16BNO3. The molecule has 0 spiro atoms. The van der Waals surface area contributed by atoms with Crippen LogP contribution in [-0.2, 0) is 14.0 Å². The molecule has 0 bridgehead atoms. The molecule has 3 aliphatic rings. The Morgan fingerprint density at radius 3 is 2.36 bits per heavy atom. The second-order valence-electron chi connectivity index (χ2n) is 4.31. The molecule has 5 heteroatoms. The molecule has 1 aliphatic carbocycles. The third-order valence-electron chi connectivity index (χ3n) is 3.31. The minimum Gasteiger partial charge on any atom is -0.404 e. The van der Waals surface area contributed by atoms with Gasteiger partial charge in [-0.25, -0.2) is 0 Å². The minimum atomic E-state index is -0.127. The summed E-state index contributed by atoms with van der Waals surface area (Å²) in [4.78, 5) is 0. The highest BCUT2D eigenvalue weighted by Gasteiger charge is 2.46. The van der Waals surface area contributed by atoms with Gasteiger partial charge < -0.3 is 14.0 Å². The zero-order chi connectivity index (χ0) is 9.38. The standard InChI is InChI=1S/C9H16BNO3/c1-2-4-8-7(3-1)13-10(14-8)9-5-11-6-12-9/h7-9,11H,1-6H2/t7-,8?,9?/m1/s1. The van der Waals surface area contributed by atoms with E-state index in [0.717, 1.165) is 19.4 Å². The summed E-state index contributed by atoms with van der Waals surface area (Å²) >= 11 is 0. The highest BCUT2D eigenvalue weighted by Crippen LogP contribution is 2.31. The Bertz CT molecular complexity index is 196.